The number of aromatic nitrogens is 4. The van der Waals surface area contributed by atoms with Crippen LogP contribution in [0.4, 0.5) is 19.0 Å². The van der Waals surface area contributed by atoms with Crippen LogP contribution in [-0.2, 0) is 6.18 Å². The van der Waals surface area contributed by atoms with Gasteiger partial charge >= 0.3 is 6.18 Å². The van der Waals surface area contributed by atoms with Gasteiger partial charge in [-0.2, -0.15) is 18.3 Å². The summed E-state index contributed by atoms with van der Waals surface area (Å²) in [7, 11) is 0. The topological polar surface area (TPSA) is 67.3 Å². The van der Waals surface area contributed by atoms with E-state index in [4.69, 9.17) is 4.74 Å². The molecule has 0 amide bonds. The molecular formula is C16H19F3N6O. The average molecular weight is 368 g/mol. The van der Waals surface area contributed by atoms with Crippen LogP contribution in [0.3, 0.4) is 0 Å². The van der Waals surface area contributed by atoms with E-state index in [9.17, 15) is 13.2 Å². The number of aryl methyl sites for hydroxylation is 1. The van der Waals surface area contributed by atoms with Crippen LogP contribution in [0.2, 0.25) is 0 Å². The van der Waals surface area contributed by atoms with Crippen molar-refractivity contribution in [1.82, 2.24) is 25.1 Å². The summed E-state index contributed by atoms with van der Waals surface area (Å²) in [5.41, 5.74) is -0.0931. The largest absolute Gasteiger partial charge is 0.475 e. The minimum atomic E-state index is -4.46. The smallest absolute Gasteiger partial charge is 0.433 e. The summed E-state index contributed by atoms with van der Waals surface area (Å²) in [6.07, 6.45) is -3.50. The zero-order valence-electron chi connectivity index (χ0n) is 14.3. The molecule has 1 aliphatic rings. The minimum Gasteiger partial charge on any atom is -0.475 e. The third kappa shape index (κ3) is 4.78. The van der Waals surface area contributed by atoms with Crippen molar-refractivity contribution in [1.29, 1.82) is 0 Å². The highest BCUT2D eigenvalue weighted by Gasteiger charge is 2.33. The van der Waals surface area contributed by atoms with Crippen molar-refractivity contribution in [2.45, 2.75) is 13.1 Å². The Morgan fingerprint density at radius 2 is 1.85 bits per heavy atom. The lowest BCUT2D eigenvalue weighted by molar-refractivity contribution is -0.141. The average Bonchev–Trinajstić information content (AvgIpc) is 2.63. The van der Waals surface area contributed by atoms with Crippen molar-refractivity contribution in [2.24, 2.45) is 0 Å². The van der Waals surface area contributed by atoms with E-state index < -0.39 is 11.9 Å². The molecule has 3 rings (SSSR count). The Labute approximate surface area is 148 Å². The number of ether oxygens (including phenoxy) is 1. The summed E-state index contributed by atoms with van der Waals surface area (Å²) in [6.45, 7) is 5.66. The van der Waals surface area contributed by atoms with Crippen LogP contribution in [0.25, 0.3) is 0 Å². The van der Waals surface area contributed by atoms with Gasteiger partial charge in [-0.15, -0.1) is 5.10 Å². The molecule has 7 nitrogen and oxygen atoms in total. The van der Waals surface area contributed by atoms with Gasteiger partial charge < -0.3 is 9.64 Å². The molecule has 0 atom stereocenters. The number of hydrogen-bond acceptors (Lipinski definition) is 7. The van der Waals surface area contributed by atoms with Crippen molar-refractivity contribution in [2.75, 3.05) is 44.2 Å². The van der Waals surface area contributed by atoms with Gasteiger partial charge in [-0.1, -0.05) is 0 Å². The second-order valence-electron chi connectivity index (χ2n) is 5.95. The normalized spacial score (nSPS) is 15.9. The fraction of sp³-hybridized carbons (Fsp3) is 0.500. The molecule has 1 saturated heterocycles. The molecule has 0 unspecified atom stereocenters. The number of anilines is 1. The fourth-order valence-corrected chi connectivity index (χ4v) is 2.62. The van der Waals surface area contributed by atoms with Crippen LogP contribution in [-0.4, -0.2) is 64.4 Å². The molecule has 0 N–H and O–H groups in total. The third-order valence-electron chi connectivity index (χ3n) is 4.07. The number of halogens is 3. The lowest BCUT2D eigenvalue weighted by atomic mass is 10.3. The van der Waals surface area contributed by atoms with E-state index in [1.165, 1.54) is 0 Å². The second-order valence-corrected chi connectivity index (χ2v) is 5.95. The highest BCUT2D eigenvalue weighted by atomic mass is 19.4. The van der Waals surface area contributed by atoms with E-state index in [1.54, 1.807) is 6.07 Å². The Kier molecular flexibility index (Phi) is 5.50. The molecule has 0 aliphatic carbocycles. The van der Waals surface area contributed by atoms with Crippen LogP contribution in [0.1, 0.15) is 11.4 Å². The first-order valence-electron chi connectivity index (χ1n) is 8.21. The van der Waals surface area contributed by atoms with Crippen molar-refractivity contribution >= 4 is 5.82 Å². The Balaban J connectivity index is 1.46. The van der Waals surface area contributed by atoms with Crippen molar-refractivity contribution < 1.29 is 17.9 Å². The predicted molar refractivity (Wildman–Crippen MR) is 88.0 cm³/mol. The van der Waals surface area contributed by atoms with Gasteiger partial charge in [0.1, 0.15) is 24.4 Å². The van der Waals surface area contributed by atoms with E-state index in [1.807, 2.05) is 17.9 Å². The molecule has 2 aromatic rings. The zero-order valence-corrected chi connectivity index (χ0v) is 14.3. The first-order chi connectivity index (χ1) is 12.4. The SMILES string of the molecule is Cc1ccc(OCCN2CCN(c3cc(C(F)(F)F)ncn3)CC2)nn1. The molecule has 26 heavy (non-hydrogen) atoms. The van der Waals surface area contributed by atoms with Crippen molar-refractivity contribution in [3.63, 3.8) is 0 Å². The summed E-state index contributed by atoms with van der Waals surface area (Å²) < 4.78 is 43.8. The fourth-order valence-electron chi connectivity index (χ4n) is 2.62. The molecule has 0 spiro atoms. The molecule has 0 bridgehead atoms. The van der Waals surface area contributed by atoms with Crippen LogP contribution in [0.15, 0.2) is 24.5 Å². The third-order valence-corrected chi connectivity index (χ3v) is 4.07. The zero-order chi connectivity index (χ0) is 18.6. The lowest BCUT2D eigenvalue weighted by Crippen LogP contribution is -2.47. The quantitative estimate of drug-likeness (QED) is 0.797. The number of nitrogens with zero attached hydrogens (tertiary/aromatic N) is 6. The molecule has 0 radical (unpaired) electrons. The lowest BCUT2D eigenvalue weighted by Gasteiger charge is -2.35. The van der Waals surface area contributed by atoms with Crippen LogP contribution in [0, 0.1) is 6.92 Å². The number of piperazine rings is 1. The second kappa shape index (κ2) is 7.81. The summed E-state index contributed by atoms with van der Waals surface area (Å²) in [5.74, 6) is 0.785. The predicted octanol–water partition coefficient (Wildman–Crippen LogP) is 1.79. The molecule has 140 valence electrons. The monoisotopic (exact) mass is 368 g/mol. The standard InChI is InChI=1S/C16H19F3N6O/c1-12-2-3-15(23-22-12)26-9-8-24-4-6-25(7-5-24)14-10-13(16(17,18)19)20-11-21-14/h2-3,10-11H,4-9H2,1H3. The molecule has 10 heteroatoms. The van der Waals surface area contributed by atoms with E-state index in [0.717, 1.165) is 18.1 Å². The van der Waals surface area contributed by atoms with Gasteiger partial charge in [-0.3, -0.25) is 4.90 Å². The maximum absolute atomic E-state index is 12.8. The van der Waals surface area contributed by atoms with Gasteiger partial charge in [0.2, 0.25) is 5.88 Å². The molecule has 0 aromatic carbocycles. The van der Waals surface area contributed by atoms with Gasteiger partial charge in [0.15, 0.2) is 0 Å². The van der Waals surface area contributed by atoms with E-state index >= 15 is 0 Å². The maximum Gasteiger partial charge on any atom is 0.433 e. The van der Waals surface area contributed by atoms with Gasteiger partial charge in [0.05, 0.1) is 5.69 Å². The van der Waals surface area contributed by atoms with Crippen molar-refractivity contribution in [3.05, 3.63) is 35.9 Å². The van der Waals surface area contributed by atoms with Gasteiger partial charge in [0, 0.05) is 44.9 Å². The van der Waals surface area contributed by atoms with Crippen LogP contribution >= 0.6 is 0 Å². The highest BCUT2D eigenvalue weighted by molar-refractivity contribution is 5.40. The Morgan fingerprint density at radius 1 is 1.08 bits per heavy atom. The molecule has 1 aliphatic heterocycles. The van der Waals surface area contributed by atoms with Gasteiger partial charge in [-0.05, 0) is 13.0 Å². The number of rotatable bonds is 5. The summed E-state index contributed by atoms with van der Waals surface area (Å²) in [6, 6.07) is 4.60. The summed E-state index contributed by atoms with van der Waals surface area (Å²) >= 11 is 0. The Hall–Kier alpha value is -2.49. The van der Waals surface area contributed by atoms with E-state index in [0.29, 0.717) is 51.0 Å². The first-order valence-corrected chi connectivity index (χ1v) is 8.21. The molecule has 1 fully saturated rings. The molecular weight excluding hydrogens is 349 g/mol. The van der Waals surface area contributed by atoms with Crippen molar-refractivity contribution in [3.8, 4) is 5.88 Å². The Bertz CT molecular complexity index is 717. The van der Waals surface area contributed by atoms with Crippen LogP contribution in [0.5, 0.6) is 5.88 Å². The van der Waals surface area contributed by atoms with E-state index in [2.05, 4.69) is 25.1 Å². The molecule has 0 saturated carbocycles. The van der Waals surface area contributed by atoms with Gasteiger partial charge in [-0.25, -0.2) is 9.97 Å². The summed E-state index contributed by atoms with van der Waals surface area (Å²) in [4.78, 5) is 11.3. The maximum atomic E-state index is 12.8. The van der Waals surface area contributed by atoms with Gasteiger partial charge in [0.25, 0.3) is 0 Å². The minimum absolute atomic E-state index is 0.304. The highest BCUT2D eigenvalue weighted by Crippen LogP contribution is 2.29. The van der Waals surface area contributed by atoms with E-state index in [-0.39, 0.29) is 0 Å². The molecule has 2 aromatic heterocycles. The van der Waals surface area contributed by atoms with Crippen LogP contribution < -0.4 is 9.64 Å². The first kappa shape index (κ1) is 18.3. The number of hydrogen-bond donors (Lipinski definition) is 0. The Morgan fingerprint density at radius 3 is 2.50 bits per heavy atom. The molecule has 3 heterocycles. The summed E-state index contributed by atoms with van der Waals surface area (Å²) in [5, 5.41) is 7.86. The number of alkyl halides is 3.